The van der Waals surface area contributed by atoms with E-state index in [1.54, 1.807) is 24.8 Å². The van der Waals surface area contributed by atoms with Gasteiger partial charge in [-0.25, -0.2) is 4.79 Å². The molecule has 0 spiro atoms. The van der Waals surface area contributed by atoms with E-state index in [1.807, 2.05) is 31.7 Å². The molecular weight excluding hydrogens is 567 g/mol. The number of aliphatic imine (C=N–C) groups is 2. The summed E-state index contributed by atoms with van der Waals surface area (Å²) in [5.41, 5.74) is 0.424. The first-order valence-corrected chi connectivity index (χ1v) is 17.0. The third-order valence-electron chi connectivity index (χ3n) is 8.00. The van der Waals surface area contributed by atoms with Crippen molar-refractivity contribution >= 4 is 51.3 Å². The Morgan fingerprint density at radius 2 is 2.05 bits per heavy atom. The van der Waals surface area contributed by atoms with Gasteiger partial charge in [-0.15, -0.1) is 35.3 Å². The average Bonchev–Trinajstić information content (AvgIpc) is 3.66. The fourth-order valence-electron chi connectivity index (χ4n) is 5.40. The van der Waals surface area contributed by atoms with Gasteiger partial charge in [0.1, 0.15) is 10.8 Å². The largest absolute Gasteiger partial charge is 0.507 e. The minimum absolute atomic E-state index is 0.0652. The molecule has 0 amide bonds. The zero-order chi connectivity index (χ0) is 29.1. The number of aromatic hydroxyl groups is 1. The Balaban J connectivity index is 1.46. The van der Waals surface area contributed by atoms with Gasteiger partial charge in [-0.2, -0.15) is 0 Å². The standard InChI is InChI=1S/C29H43N3O5S3/c1-7-8-9-11-18-12-10-13-21(33)22(18)24-30-19(14-38-24)25-32(5)20(15-39-25)23(34)28(2,3)26-31-29(4,16-40-26)27(35)37-17-36-6/h10,12-13,19-20,23,25,33-34H,7-9,11,14-17H2,1-6H3/t19-,20+,23-,25-,29-/m1/s1. The number of carbonyl (C=O) groups excluding carboxylic acids is 1. The van der Waals surface area contributed by atoms with Crippen molar-refractivity contribution in [2.45, 2.75) is 82.5 Å². The zero-order valence-corrected chi connectivity index (χ0v) is 26.8. The van der Waals surface area contributed by atoms with Crippen molar-refractivity contribution in [3.05, 3.63) is 29.3 Å². The summed E-state index contributed by atoms with van der Waals surface area (Å²) in [7, 11) is 3.54. The maximum Gasteiger partial charge on any atom is 0.336 e. The van der Waals surface area contributed by atoms with Crippen molar-refractivity contribution in [3.63, 3.8) is 0 Å². The minimum atomic E-state index is -0.987. The molecule has 5 atom stereocenters. The van der Waals surface area contributed by atoms with Crippen LogP contribution in [0, 0.1) is 5.41 Å². The van der Waals surface area contributed by atoms with Crippen molar-refractivity contribution in [3.8, 4) is 5.75 Å². The van der Waals surface area contributed by atoms with E-state index in [-0.39, 0.29) is 24.3 Å². The lowest BCUT2D eigenvalue weighted by molar-refractivity contribution is -0.158. The minimum Gasteiger partial charge on any atom is -0.507 e. The van der Waals surface area contributed by atoms with Gasteiger partial charge in [0.05, 0.1) is 28.1 Å². The molecule has 0 unspecified atom stereocenters. The summed E-state index contributed by atoms with van der Waals surface area (Å²) in [4.78, 5) is 24.7. The Morgan fingerprint density at radius 1 is 1.27 bits per heavy atom. The van der Waals surface area contributed by atoms with E-state index in [0.29, 0.717) is 11.5 Å². The number of aliphatic hydroxyl groups excluding tert-OH is 1. The van der Waals surface area contributed by atoms with Crippen LogP contribution in [0.15, 0.2) is 28.2 Å². The SMILES string of the molecule is CCCCCc1cccc(O)c1C1=N[C@@H]([C@H]2SC[C@@H]([C@@H](O)C(C)(C)C3=N[C@@](C)(C(=O)OCOC)CS3)N2C)CS1. The van der Waals surface area contributed by atoms with E-state index < -0.39 is 23.0 Å². The Bertz CT molecular complexity index is 1130. The normalized spacial score (nSPS) is 28.0. The number of benzene rings is 1. The number of hydrogen-bond acceptors (Lipinski definition) is 11. The molecule has 4 rings (SSSR count). The molecule has 11 heteroatoms. The molecule has 222 valence electrons. The number of methoxy groups -OCH3 is 1. The summed E-state index contributed by atoms with van der Waals surface area (Å²) in [6, 6.07) is 5.77. The Kier molecular flexibility index (Phi) is 10.6. The van der Waals surface area contributed by atoms with E-state index in [4.69, 9.17) is 19.5 Å². The summed E-state index contributed by atoms with van der Waals surface area (Å²) >= 11 is 5.06. The van der Waals surface area contributed by atoms with Crippen LogP contribution in [-0.4, -0.2) is 98.5 Å². The number of unbranched alkanes of at least 4 members (excludes halogenated alkanes) is 2. The Morgan fingerprint density at radius 3 is 2.77 bits per heavy atom. The second-order valence-corrected chi connectivity index (χ2v) is 14.6. The molecule has 1 fully saturated rings. The highest BCUT2D eigenvalue weighted by Crippen LogP contribution is 2.44. The molecule has 2 N–H and O–H groups in total. The third kappa shape index (κ3) is 6.54. The first kappa shape index (κ1) is 31.7. The molecule has 3 aliphatic rings. The van der Waals surface area contributed by atoms with Gasteiger partial charge in [0.15, 0.2) is 12.3 Å². The van der Waals surface area contributed by atoms with Gasteiger partial charge in [0.2, 0.25) is 0 Å². The summed E-state index contributed by atoms with van der Waals surface area (Å²) in [6.45, 7) is 7.87. The topological polar surface area (TPSA) is 104 Å². The predicted molar refractivity (Wildman–Crippen MR) is 168 cm³/mol. The number of esters is 1. The van der Waals surface area contributed by atoms with Gasteiger partial charge in [-0.3, -0.25) is 14.9 Å². The zero-order valence-electron chi connectivity index (χ0n) is 24.4. The number of ether oxygens (including phenoxy) is 2. The number of hydrogen-bond donors (Lipinski definition) is 2. The van der Waals surface area contributed by atoms with Gasteiger partial charge in [-0.1, -0.05) is 45.7 Å². The second kappa shape index (κ2) is 13.4. The molecule has 40 heavy (non-hydrogen) atoms. The highest BCUT2D eigenvalue weighted by molar-refractivity contribution is 8.15. The molecule has 0 radical (unpaired) electrons. The molecule has 0 saturated carbocycles. The summed E-state index contributed by atoms with van der Waals surface area (Å²) in [6.07, 6.45) is 3.69. The van der Waals surface area contributed by atoms with Crippen molar-refractivity contribution in [1.29, 1.82) is 0 Å². The molecule has 1 aromatic carbocycles. The first-order chi connectivity index (χ1) is 19.0. The van der Waals surface area contributed by atoms with Gasteiger partial charge < -0.3 is 19.7 Å². The Hall–Kier alpha value is -1.24. The van der Waals surface area contributed by atoms with Crippen molar-refractivity contribution < 1.29 is 24.5 Å². The quantitative estimate of drug-likeness (QED) is 0.197. The molecule has 1 saturated heterocycles. The van der Waals surface area contributed by atoms with Crippen LogP contribution in [0.1, 0.15) is 58.1 Å². The van der Waals surface area contributed by atoms with E-state index >= 15 is 0 Å². The summed E-state index contributed by atoms with van der Waals surface area (Å²) < 4.78 is 10.1. The van der Waals surface area contributed by atoms with Crippen molar-refractivity contribution in [1.82, 2.24) is 4.90 Å². The lowest BCUT2D eigenvalue weighted by Gasteiger charge is -2.38. The van der Waals surface area contributed by atoms with E-state index in [0.717, 1.165) is 52.0 Å². The molecule has 3 aliphatic heterocycles. The number of aryl methyl sites for hydroxylation is 1. The third-order valence-corrected chi connectivity index (χ3v) is 12.2. The van der Waals surface area contributed by atoms with Crippen LogP contribution < -0.4 is 0 Å². The average molecular weight is 610 g/mol. The van der Waals surface area contributed by atoms with Gasteiger partial charge in [-0.05, 0) is 38.4 Å². The molecule has 1 aromatic rings. The van der Waals surface area contributed by atoms with E-state index in [1.165, 1.54) is 25.3 Å². The molecular formula is C29H43N3O5S3. The fourth-order valence-corrected chi connectivity index (χ4v) is 9.64. The maximum absolute atomic E-state index is 12.6. The number of aliphatic hydroxyl groups is 1. The number of rotatable bonds is 12. The predicted octanol–water partition coefficient (Wildman–Crippen LogP) is 4.80. The molecule has 8 nitrogen and oxygen atoms in total. The maximum atomic E-state index is 12.6. The van der Waals surface area contributed by atoms with Crippen molar-refractivity contribution in [2.75, 3.05) is 38.2 Å². The van der Waals surface area contributed by atoms with Crippen LogP contribution in [0.25, 0.3) is 0 Å². The Labute approximate surface area is 251 Å². The summed E-state index contributed by atoms with van der Waals surface area (Å²) in [5.74, 6) is 1.98. The van der Waals surface area contributed by atoms with Gasteiger partial charge in [0, 0.05) is 35.8 Å². The van der Waals surface area contributed by atoms with E-state index in [9.17, 15) is 15.0 Å². The highest BCUT2D eigenvalue weighted by atomic mass is 32.2. The monoisotopic (exact) mass is 609 g/mol. The lowest BCUT2D eigenvalue weighted by Crippen LogP contribution is -2.51. The second-order valence-electron chi connectivity index (χ2n) is 11.5. The van der Waals surface area contributed by atoms with Gasteiger partial charge >= 0.3 is 5.97 Å². The number of likely N-dealkylation sites (N-methyl/N-ethyl adjacent to an activating group) is 1. The number of thioether (sulfide) groups is 3. The molecule has 0 bridgehead atoms. The van der Waals surface area contributed by atoms with Gasteiger partial charge in [0.25, 0.3) is 0 Å². The first-order valence-electron chi connectivity index (χ1n) is 14.0. The van der Waals surface area contributed by atoms with Crippen LogP contribution >= 0.6 is 35.3 Å². The molecule has 3 heterocycles. The number of nitrogens with zero attached hydrogens (tertiary/aromatic N) is 3. The lowest BCUT2D eigenvalue weighted by atomic mass is 9.83. The van der Waals surface area contributed by atoms with Crippen LogP contribution in [0.3, 0.4) is 0 Å². The van der Waals surface area contributed by atoms with Crippen LogP contribution in [0.4, 0.5) is 0 Å². The van der Waals surface area contributed by atoms with Crippen LogP contribution in [0.5, 0.6) is 5.75 Å². The highest BCUT2D eigenvalue weighted by Gasteiger charge is 2.50. The number of phenolic OH excluding ortho intramolecular Hbond substituents is 1. The molecule has 0 aliphatic carbocycles. The smallest absolute Gasteiger partial charge is 0.336 e. The van der Waals surface area contributed by atoms with E-state index in [2.05, 4.69) is 24.9 Å². The van der Waals surface area contributed by atoms with Crippen molar-refractivity contribution in [2.24, 2.45) is 15.4 Å². The fraction of sp³-hybridized carbons (Fsp3) is 0.690. The summed E-state index contributed by atoms with van der Waals surface area (Å²) in [5, 5.41) is 24.2. The molecule has 0 aromatic heterocycles. The van der Waals surface area contributed by atoms with Crippen LogP contribution in [-0.2, 0) is 20.7 Å². The number of phenols is 1. The van der Waals surface area contributed by atoms with Crippen LogP contribution in [0.2, 0.25) is 0 Å². The number of carbonyl (C=O) groups is 1.